The summed E-state index contributed by atoms with van der Waals surface area (Å²) in [7, 11) is 0. The van der Waals surface area contributed by atoms with Crippen LogP contribution in [0.4, 0.5) is 0 Å². The Morgan fingerprint density at radius 1 is 1.54 bits per heavy atom. The van der Waals surface area contributed by atoms with Gasteiger partial charge in [-0.15, -0.1) is 0 Å². The summed E-state index contributed by atoms with van der Waals surface area (Å²) in [6, 6.07) is 4.31. The van der Waals surface area contributed by atoms with Crippen molar-refractivity contribution in [1.82, 2.24) is 9.71 Å². The highest BCUT2D eigenvalue weighted by molar-refractivity contribution is 7.96. The number of hydrogen-bond acceptors (Lipinski definition) is 3. The number of halogens is 1. The Labute approximate surface area is 88.2 Å². The number of rotatable bonds is 4. The molecule has 0 bridgehead atoms. The summed E-state index contributed by atoms with van der Waals surface area (Å²) in [6.07, 6.45) is 1.80. The summed E-state index contributed by atoms with van der Waals surface area (Å²) in [5.74, 6) is 0.919. The van der Waals surface area contributed by atoms with Gasteiger partial charge in [0.25, 0.3) is 0 Å². The van der Waals surface area contributed by atoms with E-state index in [4.69, 9.17) is 11.6 Å². The van der Waals surface area contributed by atoms with Crippen LogP contribution in [0.15, 0.2) is 18.3 Å². The van der Waals surface area contributed by atoms with Crippen LogP contribution in [0.3, 0.4) is 0 Å². The second-order valence-corrected chi connectivity index (χ2v) is 4.25. The topological polar surface area (TPSA) is 24.9 Å². The van der Waals surface area contributed by atoms with Crippen LogP contribution in [0, 0.1) is 0 Å². The van der Waals surface area contributed by atoms with Crippen molar-refractivity contribution in [3.63, 3.8) is 0 Å². The van der Waals surface area contributed by atoms with Crippen molar-refractivity contribution in [2.75, 3.05) is 0 Å². The lowest BCUT2D eigenvalue weighted by Crippen LogP contribution is -2.14. The minimum Gasteiger partial charge on any atom is -0.261 e. The van der Waals surface area contributed by atoms with E-state index in [1.165, 1.54) is 5.56 Å². The van der Waals surface area contributed by atoms with Crippen LogP contribution >= 0.6 is 23.5 Å². The van der Waals surface area contributed by atoms with Crippen molar-refractivity contribution in [2.24, 2.45) is 0 Å². The van der Waals surface area contributed by atoms with Crippen molar-refractivity contribution < 1.29 is 0 Å². The van der Waals surface area contributed by atoms with E-state index >= 15 is 0 Å². The molecule has 1 aromatic heterocycles. The molecule has 0 amide bonds. The van der Waals surface area contributed by atoms with Crippen LogP contribution in [0.5, 0.6) is 0 Å². The first-order valence-electron chi connectivity index (χ1n) is 4.16. The molecule has 0 saturated carbocycles. The van der Waals surface area contributed by atoms with E-state index in [0.717, 1.165) is 5.75 Å². The van der Waals surface area contributed by atoms with Gasteiger partial charge in [0, 0.05) is 18.0 Å². The van der Waals surface area contributed by atoms with E-state index in [0.29, 0.717) is 11.2 Å². The fourth-order valence-corrected chi connectivity index (χ4v) is 1.65. The molecule has 1 aromatic rings. The molecule has 0 aliphatic heterocycles. The molecule has 1 heterocycles. The maximum absolute atomic E-state index is 5.66. The maximum Gasteiger partial charge on any atom is 0.129 e. The van der Waals surface area contributed by atoms with Gasteiger partial charge in [-0.2, -0.15) is 0 Å². The van der Waals surface area contributed by atoms with E-state index in [1.807, 2.05) is 12.1 Å². The zero-order valence-corrected chi connectivity index (χ0v) is 9.32. The van der Waals surface area contributed by atoms with Gasteiger partial charge < -0.3 is 0 Å². The average Bonchev–Trinajstić information content (AvgIpc) is 2.08. The standard InChI is InChI=1S/C9H13ClN2S/c1-7(2)12-13-6-8-3-4-9(10)11-5-8/h3-5,7,12H,6H2,1-2H3. The van der Waals surface area contributed by atoms with Crippen LogP contribution in [-0.4, -0.2) is 11.0 Å². The first-order valence-corrected chi connectivity index (χ1v) is 5.52. The second-order valence-electron chi connectivity index (χ2n) is 3.05. The molecule has 1 rings (SSSR count). The third-order valence-electron chi connectivity index (χ3n) is 1.35. The van der Waals surface area contributed by atoms with E-state index in [-0.39, 0.29) is 0 Å². The Balaban J connectivity index is 2.33. The molecule has 13 heavy (non-hydrogen) atoms. The molecule has 72 valence electrons. The molecular weight excluding hydrogens is 204 g/mol. The highest BCUT2D eigenvalue weighted by atomic mass is 35.5. The van der Waals surface area contributed by atoms with Gasteiger partial charge in [-0.1, -0.05) is 29.6 Å². The quantitative estimate of drug-likeness (QED) is 0.619. The predicted octanol–water partition coefficient (Wildman–Crippen LogP) is 2.88. The molecular formula is C9H13ClN2S. The molecule has 0 unspecified atom stereocenters. The van der Waals surface area contributed by atoms with Crippen LogP contribution in [0.25, 0.3) is 0 Å². The molecule has 0 aromatic carbocycles. The van der Waals surface area contributed by atoms with Crippen LogP contribution in [0.1, 0.15) is 19.4 Å². The van der Waals surface area contributed by atoms with E-state index in [9.17, 15) is 0 Å². The predicted molar refractivity (Wildman–Crippen MR) is 58.8 cm³/mol. The third kappa shape index (κ3) is 4.50. The number of nitrogens with zero attached hydrogens (tertiary/aromatic N) is 1. The first kappa shape index (κ1) is 10.8. The fourth-order valence-electron chi connectivity index (χ4n) is 0.783. The van der Waals surface area contributed by atoms with Gasteiger partial charge in [0.1, 0.15) is 5.15 Å². The minimum absolute atomic E-state index is 0.505. The highest BCUT2D eigenvalue weighted by Crippen LogP contribution is 2.11. The van der Waals surface area contributed by atoms with Crippen LogP contribution < -0.4 is 4.72 Å². The SMILES string of the molecule is CC(C)NSCc1ccc(Cl)nc1. The van der Waals surface area contributed by atoms with Gasteiger partial charge in [-0.25, -0.2) is 4.98 Å². The molecule has 0 aliphatic rings. The second kappa shape index (κ2) is 5.47. The van der Waals surface area contributed by atoms with Crippen molar-refractivity contribution in [2.45, 2.75) is 25.6 Å². The maximum atomic E-state index is 5.66. The van der Waals surface area contributed by atoms with Gasteiger partial charge in [0.05, 0.1) is 0 Å². The van der Waals surface area contributed by atoms with Gasteiger partial charge in [-0.3, -0.25) is 4.72 Å². The van der Waals surface area contributed by atoms with Gasteiger partial charge >= 0.3 is 0 Å². The smallest absolute Gasteiger partial charge is 0.129 e. The van der Waals surface area contributed by atoms with Gasteiger partial charge in [-0.05, 0) is 25.5 Å². The van der Waals surface area contributed by atoms with Crippen LogP contribution in [-0.2, 0) is 5.75 Å². The third-order valence-corrected chi connectivity index (χ3v) is 2.69. The molecule has 0 atom stereocenters. The molecule has 0 saturated heterocycles. The molecule has 1 N–H and O–H groups in total. The Bertz CT molecular complexity index is 248. The van der Waals surface area contributed by atoms with Gasteiger partial charge in [0.2, 0.25) is 0 Å². The van der Waals surface area contributed by atoms with Gasteiger partial charge in [0.15, 0.2) is 0 Å². The summed E-state index contributed by atoms with van der Waals surface area (Å²) in [5, 5.41) is 0.547. The molecule has 0 spiro atoms. The molecule has 2 nitrogen and oxygen atoms in total. The summed E-state index contributed by atoms with van der Waals surface area (Å²) in [4.78, 5) is 4.00. The first-order chi connectivity index (χ1) is 6.18. The lowest BCUT2D eigenvalue weighted by atomic mass is 10.3. The number of pyridine rings is 1. The zero-order chi connectivity index (χ0) is 9.68. The molecule has 4 heteroatoms. The van der Waals surface area contributed by atoms with E-state index in [2.05, 4.69) is 23.6 Å². The largest absolute Gasteiger partial charge is 0.261 e. The number of aromatic nitrogens is 1. The van der Waals surface area contributed by atoms with E-state index < -0.39 is 0 Å². The Kier molecular flexibility index (Phi) is 4.56. The van der Waals surface area contributed by atoms with Crippen molar-refractivity contribution in [1.29, 1.82) is 0 Å². The Hall–Kier alpha value is -0.250. The lowest BCUT2D eigenvalue weighted by molar-refractivity contribution is 0.770. The lowest BCUT2D eigenvalue weighted by Gasteiger charge is -2.06. The van der Waals surface area contributed by atoms with Crippen molar-refractivity contribution in [3.05, 3.63) is 29.0 Å². The zero-order valence-electron chi connectivity index (χ0n) is 7.75. The summed E-state index contributed by atoms with van der Waals surface area (Å²) in [6.45, 7) is 4.24. The summed E-state index contributed by atoms with van der Waals surface area (Å²) in [5.41, 5.74) is 1.18. The summed E-state index contributed by atoms with van der Waals surface area (Å²) >= 11 is 7.35. The molecule has 0 aliphatic carbocycles. The van der Waals surface area contributed by atoms with Crippen LogP contribution in [0.2, 0.25) is 5.15 Å². The average molecular weight is 217 g/mol. The minimum atomic E-state index is 0.505. The Morgan fingerprint density at radius 3 is 2.85 bits per heavy atom. The fraction of sp³-hybridized carbons (Fsp3) is 0.444. The summed E-state index contributed by atoms with van der Waals surface area (Å²) < 4.78 is 3.26. The van der Waals surface area contributed by atoms with E-state index in [1.54, 1.807) is 18.1 Å². The number of nitrogens with one attached hydrogen (secondary N) is 1. The monoisotopic (exact) mass is 216 g/mol. The Morgan fingerprint density at radius 2 is 2.31 bits per heavy atom. The molecule has 0 radical (unpaired) electrons. The molecule has 0 fully saturated rings. The normalized spacial score (nSPS) is 10.8. The van der Waals surface area contributed by atoms with Crippen molar-refractivity contribution in [3.8, 4) is 0 Å². The highest BCUT2D eigenvalue weighted by Gasteiger charge is 1.96. The number of hydrogen-bond donors (Lipinski definition) is 1. The van der Waals surface area contributed by atoms with Crippen molar-refractivity contribution >= 4 is 23.5 Å².